The number of carbonyl (C=O) groups is 6. The number of phenolic OH excluding ortho intramolecular Hbond substituents is 1. The second-order valence-corrected chi connectivity index (χ2v) is 15.5. The number of hydrogen-bond donors (Lipinski definition) is 8. The fraction of sp³-hybridized carbons (Fsp3) is 0.409. The lowest BCUT2D eigenvalue weighted by Crippen LogP contribution is -2.62. The van der Waals surface area contributed by atoms with Gasteiger partial charge in [-0.1, -0.05) is 74.5 Å². The van der Waals surface area contributed by atoms with Crippen LogP contribution in [0.3, 0.4) is 0 Å². The maximum absolute atomic E-state index is 14.4. The zero-order chi connectivity index (χ0) is 42.6. The average molecular weight is 809 g/mol. The lowest BCUT2D eigenvalue weighted by Gasteiger charge is -2.32. The first-order valence-corrected chi connectivity index (χ1v) is 20.1. The first kappa shape index (κ1) is 43.9. The van der Waals surface area contributed by atoms with Crippen LogP contribution in [0, 0.1) is 5.92 Å². The summed E-state index contributed by atoms with van der Waals surface area (Å²) in [6.07, 6.45) is 3.06. The number of para-hydroxylation sites is 1. The Labute approximate surface area is 344 Å². The van der Waals surface area contributed by atoms with E-state index < -0.39 is 77.6 Å². The first-order chi connectivity index (χ1) is 28.2. The van der Waals surface area contributed by atoms with E-state index in [-0.39, 0.29) is 31.4 Å². The van der Waals surface area contributed by atoms with Crippen LogP contribution < -0.4 is 32.3 Å². The number of nitrogens with zero attached hydrogens (tertiary/aromatic N) is 1. The Bertz CT molecular complexity index is 2090. The predicted molar refractivity (Wildman–Crippen MR) is 224 cm³/mol. The van der Waals surface area contributed by atoms with Crippen LogP contribution in [0.25, 0.3) is 10.9 Å². The van der Waals surface area contributed by atoms with E-state index in [1.807, 2.05) is 54.6 Å². The molecule has 0 bridgehead atoms. The second-order valence-electron chi connectivity index (χ2n) is 15.5. The van der Waals surface area contributed by atoms with Crippen molar-refractivity contribution < 1.29 is 33.9 Å². The van der Waals surface area contributed by atoms with Gasteiger partial charge in [-0.25, -0.2) is 0 Å². The number of likely N-dealkylation sites (N-methyl/N-ethyl adjacent to an activating group) is 1. The molecule has 2 heterocycles. The third kappa shape index (κ3) is 11.7. The maximum Gasteiger partial charge on any atom is 0.245 e. The Kier molecular flexibility index (Phi) is 15.2. The summed E-state index contributed by atoms with van der Waals surface area (Å²) in [7, 11) is 1.44. The molecule has 5 rings (SSSR count). The molecule has 0 radical (unpaired) electrons. The third-order valence-corrected chi connectivity index (χ3v) is 10.8. The van der Waals surface area contributed by atoms with Crippen molar-refractivity contribution in [2.24, 2.45) is 11.7 Å². The minimum Gasteiger partial charge on any atom is -0.508 e. The highest BCUT2D eigenvalue weighted by Crippen LogP contribution is 2.20. The van der Waals surface area contributed by atoms with Crippen molar-refractivity contribution >= 4 is 46.3 Å². The number of carbonyl (C=O) groups excluding carboxylic acids is 6. The number of H-pyrrole nitrogens is 1. The van der Waals surface area contributed by atoms with Crippen molar-refractivity contribution in [3.8, 4) is 5.75 Å². The first-order valence-electron chi connectivity index (χ1n) is 20.1. The van der Waals surface area contributed by atoms with E-state index in [0.717, 1.165) is 22.0 Å². The molecule has 59 heavy (non-hydrogen) atoms. The molecular weight excluding hydrogens is 753 g/mol. The number of aromatic hydroxyl groups is 1. The number of amides is 6. The number of phenols is 1. The van der Waals surface area contributed by atoms with Gasteiger partial charge in [-0.3, -0.25) is 28.8 Å². The maximum atomic E-state index is 14.4. The standard InChI is InChI=1S/C44H56N8O7/c1-26(2)38-43(58)50-37(23-28-12-6-5-7-13-28)44(59)52(4)27(3)39(54)48-35(22-29-17-19-31(53)20-18-29)41(56)49-36(24-30-25-46-33-15-9-8-14-32(30)33)42(57)47-34(40(55)51-38)16-10-11-21-45/h5-9,12-15,17-20,25-27,34-38,46,53H,10-11,16,21-24,45H2,1-4H3,(H,47,57)(H,48,54)(H,49,56)(H,50,58)(H,51,55)/t27-,34-,35+,36-,37-,38-/m0/s1. The van der Waals surface area contributed by atoms with Crippen molar-refractivity contribution in [1.29, 1.82) is 0 Å². The molecule has 15 nitrogen and oxygen atoms in total. The number of rotatable bonds is 11. The summed E-state index contributed by atoms with van der Waals surface area (Å²) in [5.41, 5.74) is 8.68. The number of aromatic amines is 1. The van der Waals surface area contributed by atoms with Crippen LogP contribution in [-0.2, 0) is 48.0 Å². The Morgan fingerprint density at radius 1 is 0.644 bits per heavy atom. The van der Waals surface area contributed by atoms with Crippen LogP contribution in [0.4, 0.5) is 0 Å². The Morgan fingerprint density at radius 3 is 1.88 bits per heavy atom. The third-order valence-electron chi connectivity index (χ3n) is 10.8. The Balaban J connectivity index is 1.57. The number of hydrogen-bond acceptors (Lipinski definition) is 8. The highest BCUT2D eigenvalue weighted by atomic mass is 16.3. The molecule has 0 spiro atoms. The Hall–Kier alpha value is -6.22. The van der Waals surface area contributed by atoms with Gasteiger partial charge in [0.15, 0.2) is 0 Å². The molecule has 1 aromatic heterocycles. The van der Waals surface area contributed by atoms with Crippen molar-refractivity contribution in [2.75, 3.05) is 13.6 Å². The highest BCUT2D eigenvalue weighted by Gasteiger charge is 2.37. The normalized spacial score (nSPS) is 22.8. The average Bonchev–Trinajstić information content (AvgIpc) is 3.63. The molecule has 1 aliphatic rings. The van der Waals surface area contributed by atoms with Crippen LogP contribution in [0.1, 0.15) is 56.7 Å². The molecule has 314 valence electrons. The molecule has 6 atom stereocenters. The minimum atomic E-state index is -1.24. The number of unbranched alkanes of at least 4 members (excludes halogenated alkanes) is 1. The largest absolute Gasteiger partial charge is 0.508 e. The van der Waals surface area contributed by atoms with E-state index in [2.05, 4.69) is 31.6 Å². The topological polar surface area (TPSA) is 228 Å². The molecule has 4 aromatic rings. The van der Waals surface area contributed by atoms with Gasteiger partial charge in [0.1, 0.15) is 42.0 Å². The SMILES string of the molecule is CC(C)[C@@H]1NC(=O)[C@H](CCCCN)NC(=O)[C@H](Cc2c[nH]c3ccccc23)NC(=O)[C@@H](Cc2ccc(O)cc2)NC(=O)[C@H](C)N(C)C(=O)[C@H](Cc2ccccc2)NC1=O. The smallest absolute Gasteiger partial charge is 0.245 e. The lowest BCUT2D eigenvalue weighted by atomic mass is 9.98. The van der Waals surface area contributed by atoms with Gasteiger partial charge in [-0.15, -0.1) is 0 Å². The fourth-order valence-electron chi connectivity index (χ4n) is 7.12. The van der Waals surface area contributed by atoms with Crippen LogP contribution in [0.5, 0.6) is 5.75 Å². The monoisotopic (exact) mass is 808 g/mol. The van der Waals surface area contributed by atoms with Gasteiger partial charge in [0.05, 0.1) is 0 Å². The summed E-state index contributed by atoms with van der Waals surface area (Å²) in [6.45, 7) is 5.38. The van der Waals surface area contributed by atoms with E-state index in [1.165, 1.54) is 31.0 Å². The molecule has 1 aliphatic heterocycles. The molecule has 15 heteroatoms. The fourth-order valence-corrected chi connectivity index (χ4v) is 7.12. The molecule has 1 fully saturated rings. The van der Waals surface area contributed by atoms with E-state index in [1.54, 1.807) is 32.2 Å². The van der Waals surface area contributed by atoms with Crippen molar-refractivity contribution in [2.45, 2.75) is 95.5 Å². The molecule has 3 aromatic carbocycles. The van der Waals surface area contributed by atoms with E-state index in [0.29, 0.717) is 24.9 Å². The van der Waals surface area contributed by atoms with E-state index in [4.69, 9.17) is 5.73 Å². The summed E-state index contributed by atoms with van der Waals surface area (Å²) < 4.78 is 0. The van der Waals surface area contributed by atoms with Crippen LogP contribution in [0.15, 0.2) is 85.1 Å². The molecule has 9 N–H and O–H groups in total. The van der Waals surface area contributed by atoms with E-state index >= 15 is 0 Å². The Morgan fingerprint density at radius 2 is 1.20 bits per heavy atom. The summed E-state index contributed by atoms with van der Waals surface area (Å²) in [4.78, 5) is 89.8. The van der Waals surface area contributed by atoms with Gasteiger partial charge in [-0.2, -0.15) is 0 Å². The van der Waals surface area contributed by atoms with Crippen LogP contribution >= 0.6 is 0 Å². The van der Waals surface area contributed by atoms with Gasteiger partial charge >= 0.3 is 0 Å². The predicted octanol–water partition coefficient (Wildman–Crippen LogP) is 1.97. The number of nitrogens with two attached hydrogens (primary N) is 1. The van der Waals surface area contributed by atoms with Crippen molar-refractivity contribution in [1.82, 2.24) is 36.5 Å². The van der Waals surface area contributed by atoms with Crippen LogP contribution in [-0.4, -0.2) is 100 Å². The summed E-state index contributed by atoms with van der Waals surface area (Å²) in [5, 5.41) is 24.9. The van der Waals surface area contributed by atoms with Gasteiger partial charge in [0.2, 0.25) is 35.4 Å². The molecule has 1 saturated heterocycles. The summed E-state index contributed by atoms with van der Waals surface area (Å²) in [6, 6.07) is 15.8. The van der Waals surface area contributed by atoms with Crippen LogP contribution in [0.2, 0.25) is 0 Å². The van der Waals surface area contributed by atoms with Gasteiger partial charge in [-0.05, 0) is 73.5 Å². The molecular formula is C44H56N8O7. The quantitative estimate of drug-likeness (QED) is 0.104. The highest BCUT2D eigenvalue weighted by molar-refractivity contribution is 5.98. The van der Waals surface area contributed by atoms with Gasteiger partial charge < -0.3 is 47.3 Å². The zero-order valence-corrected chi connectivity index (χ0v) is 34.0. The molecule has 0 saturated carbocycles. The lowest BCUT2D eigenvalue weighted by molar-refractivity contribution is -0.143. The second kappa shape index (κ2) is 20.5. The number of fused-ring (bicyclic) bond motifs is 1. The van der Waals surface area contributed by atoms with E-state index in [9.17, 15) is 33.9 Å². The van der Waals surface area contributed by atoms with Crippen molar-refractivity contribution in [3.63, 3.8) is 0 Å². The van der Waals surface area contributed by atoms with Crippen molar-refractivity contribution in [3.05, 3.63) is 102 Å². The molecule has 0 unspecified atom stereocenters. The molecule has 6 amide bonds. The van der Waals surface area contributed by atoms with Gasteiger partial charge in [0.25, 0.3) is 0 Å². The van der Waals surface area contributed by atoms with Gasteiger partial charge in [0, 0.05) is 43.4 Å². The zero-order valence-electron chi connectivity index (χ0n) is 34.0. The minimum absolute atomic E-state index is 0.0121. The molecule has 0 aliphatic carbocycles. The summed E-state index contributed by atoms with van der Waals surface area (Å²) >= 11 is 0. The summed E-state index contributed by atoms with van der Waals surface area (Å²) in [5.74, 6) is -4.21. The number of aromatic nitrogens is 1. The number of nitrogens with one attached hydrogen (secondary N) is 6. The number of benzene rings is 3.